The molecule has 0 radical (unpaired) electrons. The van der Waals surface area contributed by atoms with Crippen molar-refractivity contribution >= 4 is 6.41 Å². The molecular weight excluding hydrogens is 190 g/mol. The minimum Gasteiger partial charge on any atom is -0.394 e. The summed E-state index contributed by atoms with van der Waals surface area (Å²) in [6.07, 6.45) is -1.71. The van der Waals surface area contributed by atoms with Crippen LogP contribution in [0.25, 0.3) is 0 Å². The molecule has 3 atom stereocenters. The molecule has 0 aromatic rings. The highest BCUT2D eigenvalue weighted by molar-refractivity contribution is 5.45. The maximum absolute atomic E-state index is 9.97. The molecule has 0 fully saturated rings. The van der Waals surface area contributed by atoms with Crippen LogP contribution in [0.2, 0.25) is 0 Å². The predicted octanol–water partition coefficient (Wildman–Crippen LogP) is -2.15. The first-order valence-electron chi connectivity index (χ1n) is 4.38. The zero-order chi connectivity index (χ0) is 11.0. The van der Waals surface area contributed by atoms with Gasteiger partial charge in [-0.1, -0.05) is 0 Å². The third kappa shape index (κ3) is 5.13. The summed E-state index contributed by atoms with van der Waals surface area (Å²) in [6, 6.07) is 0. The molecule has 0 heterocycles. The van der Waals surface area contributed by atoms with Crippen LogP contribution in [0.4, 0.5) is 0 Å². The number of aliphatic hydroxyl groups excluding tert-OH is 3. The molecule has 0 bridgehead atoms. The maximum atomic E-state index is 9.97. The molecular formula is C8H17NO5. The van der Waals surface area contributed by atoms with E-state index in [4.69, 9.17) is 20.1 Å². The van der Waals surface area contributed by atoms with Gasteiger partial charge in [0.1, 0.15) is 6.10 Å². The van der Waals surface area contributed by atoms with Gasteiger partial charge in [0.05, 0.1) is 25.4 Å². The molecule has 0 saturated heterocycles. The molecule has 0 spiro atoms. The molecule has 0 aromatic heterocycles. The van der Waals surface area contributed by atoms with Crippen molar-refractivity contribution in [3.63, 3.8) is 0 Å². The minimum atomic E-state index is -0.828. The average molecular weight is 207 g/mol. The zero-order valence-corrected chi connectivity index (χ0v) is 8.09. The van der Waals surface area contributed by atoms with E-state index in [0.717, 1.165) is 0 Å². The summed E-state index contributed by atoms with van der Waals surface area (Å²) in [5.74, 6) is 0. The van der Waals surface area contributed by atoms with Crippen LogP contribution in [-0.4, -0.2) is 59.8 Å². The maximum Gasteiger partial charge on any atom is 0.207 e. The van der Waals surface area contributed by atoms with E-state index in [1.165, 1.54) is 6.92 Å². The van der Waals surface area contributed by atoms with Gasteiger partial charge >= 0.3 is 0 Å². The number of nitrogens with one attached hydrogen (secondary N) is 1. The number of ether oxygens (including phenoxy) is 1. The van der Waals surface area contributed by atoms with Gasteiger partial charge < -0.3 is 25.4 Å². The van der Waals surface area contributed by atoms with E-state index in [1.807, 2.05) is 0 Å². The lowest BCUT2D eigenvalue weighted by molar-refractivity contribution is -0.115. The Balaban J connectivity index is 3.93. The number of hydrogen-bond donors (Lipinski definition) is 4. The summed E-state index contributed by atoms with van der Waals surface area (Å²) in [5.41, 5.74) is 0. The van der Waals surface area contributed by atoms with Crippen LogP contribution in [0.3, 0.4) is 0 Å². The van der Waals surface area contributed by atoms with Crippen LogP contribution in [0, 0.1) is 0 Å². The van der Waals surface area contributed by atoms with E-state index in [-0.39, 0.29) is 19.8 Å². The van der Waals surface area contributed by atoms with Crippen molar-refractivity contribution in [2.24, 2.45) is 0 Å². The van der Waals surface area contributed by atoms with E-state index < -0.39 is 18.3 Å². The molecule has 3 unspecified atom stereocenters. The molecule has 6 heteroatoms. The van der Waals surface area contributed by atoms with E-state index in [0.29, 0.717) is 6.41 Å². The molecule has 6 nitrogen and oxygen atoms in total. The Labute approximate surface area is 82.5 Å². The monoisotopic (exact) mass is 207 g/mol. The Morgan fingerprint density at radius 3 is 2.43 bits per heavy atom. The quantitative estimate of drug-likeness (QED) is 0.340. The lowest BCUT2D eigenvalue weighted by atomic mass is 10.2. The molecule has 0 rings (SSSR count). The SMILES string of the molecule is CC(O)C(CO)OC(CO)CNC=O. The lowest BCUT2D eigenvalue weighted by Crippen LogP contribution is -2.40. The first kappa shape index (κ1) is 13.3. The number of rotatable bonds is 8. The second kappa shape index (κ2) is 7.69. The van der Waals surface area contributed by atoms with Crippen molar-refractivity contribution in [2.75, 3.05) is 19.8 Å². The number of carbonyl (C=O) groups excluding carboxylic acids is 1. The summed E-state index contributed by atoms with van der Waals surface area (Å²) in [7, 11) is 0. The van der Waals surface area contributed by atoms with Gasteiger partial charge in [0.25, 0.3) is 0 Å². The fourth-order valence-electron chi connectivity index (χ4n) is 0.892. The molecule has 0 aliphatic carbocycles. The van der Waals surface area contributed by atoms with E-state index in [1.54, 1.807) is 0 Å². The van der Waals surface area contributed by atoms with Gasteiger partial charge in [0.15, 0.2) is 0 Å². The van der Waals surface area contributed by atoms with Crippen molar-refractivity contribution in [2.45, 2.75) is 25.2 Å². The molecule has 1 amide bonds. The van der Waals surface area contributed by atoms with Crippen LogP contribution < -0.4 is 5.32 Å². The average Bonchev–Trinajstić information content (AvgIpc) is 2.18. The van der Waals surface area contributed by atoms with Crippen molar-refractivity contribution in [3.05, 3.63) is 0 Å². The molecule has 4 N–H and O–H groups in total. The van der Waals surface area contributed by atoms with Crippen LogP contribution in [0.1, 0.15) is 6.92 Å². The van der Waals surface area contributed by atoms with Gasteiger partial charge in [0.2, 0.25) is 6.41 Å². The summed E-state index contributed by atoms with van der Waals surface area (Å²) >= 11 is 0. The Bertz CT molecular complexity index is 153. The first-order valence-corrected chi connectivity index (χ1v) is 4.38. The third-order valence-corrected chi connectivity index (χ3v) is 1.72. The molecule has 14 heavy (non-hydrogen) atoms. The summed E-state index contributed by atoms with van der Waals surface area (Å²) < 4.78 is 5.14. The predicted molar refractivity (Wildman–Crippen MR) is 48.6 cm³/mol. The highest BCUT2D eigenvalue weighted by atomic mass is 16.5. The normalized spacial score (nSPS) is 17.1. The highest BCUT2D eigenvalue weighted by Gasteiger charge is 2.19. The minimum absolute atomic E-state index is 0.142. The fourth-order valence-corrected chi connectivity index (χ4v) is 0.892. The van der Waals surface area contributed by atoms with Gasteiger partial charge in [-0.25, -0.2) is 0 Å². The second-order valence-electron chi connectivity index (χ2n) is 2.93. The van der Waals surface area contributed by atoms with Gasteiger partial charge in [-0.2, -0.15) is 0 Å². The smallest absolute Gasteiger partial charge is 0.207 e. The lowest BCUT2D eigenvalue weighted by Gasteiger charge is -2.23. The standard InChI is InChI=1S/C8H17NO5/c1-6(13)8(4-11)14-7(3-10)2-9-5-12/h5-8,10-11,13H,2-4H2,1H3,(H,9,12). The van der Waals surface area contributed by atoms with Crippen LogP contribution in [0.5, 0.6) is 0 Å². The van der Waals surface area contributed by atoms with Crippen molar-refractivity contribution in [1.29, 1.82) is 0 Å². The Kier molecular flexibility index (Phi) is 7.31. The molecule has 0 aliphatic heterocycles. The van der Waals surface area contributed by atoms with Gasteiger partial charge in [-0.3, -0.25) is 4.79 Å². The Morgan fingerprint density at radius 1 is 1.43 bits per heavy atom. The highest BCUT2D eigenvalue weighted by Crippen LogP contribution is 2.02. The zero-order valence-electron chi connectivity index (χ0n) is 8.09. The molecule has 0 aliphatic rings. The van der Waals surface area contributed by atoms with Crippen molar-refractivity contribution < 1.29 is 24.9 Å². The largest absolute Gasteiger partial charge is 0.394 e. The summed E-state index contributed by atoms with van der Waals surface area (Å²) in [5, 5.41) is 29.1. The van der Waals surface area contributed by atoms with Gasteiger partial charge in [-0.15, -0.1) is 0 Å². The van der Waals surface area contributed by atoms with E-state index >= 15 is 0 Å². The van der Waals surface area contributed by atoms with Gasteiger partial charge in [-0.05, 0) is 6.92 Å². The fraction of sp³-hybridized carbons (Fsp3) is 0.875. The Morgan fingerprint density at radius 2 is 2.07 bits per heavy atom. The van der Waals surface area contributed by atoms with Crippen LogP contribution in [-0.2, 0) is 9.53 Å². The first-order chi connectivity index (χ1) is 6.65. The van der Waals surface area contributed by atoms with Crippen molar-refractivity contribution in [1.82, 2.24) is 5.32 Å². The Hall–Kier alpha value is -0.690. The number of carbonyl (C=O) groups is 1. The number of hydrogen-bond acceptors (Lipinski definition) is 5. The van der Waals surface area contributed by atoms with Crippen LogP contribution in [0.15, 0.2) is 0 Å². The van der Waals surface area contributed by atoms with E-state index in [9.17, 15) is 4.79 Å². The van der Waals surface area contributed by atoms with Gasteiger partial charge in [0, 0.05) is 6.54 Å². The molecule has 84 valence electrons. The third-order valence-electron chi connectivity index (χ3n) is 1.72. The van der Waals surface area contributed by atoms with Crippen LogP contribution >= 0.6 is 0 Å². The summed E-state index contributed by atoms with van der Waals surface area (Å²) in [4.78, 5) is 9.97. The number of aliphatic hydroxyl groups is 3. The molecule has 0 aromatic carbocycles. The second-order valence-corrected chi connectivity index (χ2v) is 2.93. The van der Waals surface area contributed by atoms with E-state index in [2.05, 4.69) is 5.32 Å². The number of amides is 1. The molecule has 0 saturated carbocycles. The topological polar surface area (TPSA) is 99.0 Å². The summed E-state index contributed by atoms with van der Waals surface area (Å²) in [6.45, 7) is 0.991. The van der Waals surface area contributed by atoms with Crippen molar-refractivity contribution in [3.8, 4) is 0 Å².